The third-order valence-corrected chi connectivity index (χ3v) is 5.87. The Bertz CT molecular complexity index is 1300. The predicted molar refractivity (Wildman–Crippen MR) is 126 cm³/mol. The summed E-state index contributed by atoms with van der Waals surface area (Å²) in [5.74, 6) is 1.84. The largest absolute Gasteiger partial charge is 0.457 e. The van der Waals surface area contributed by atoms with E-state index in [1.54, 1.807) is 4.68 Å². The van der Waals surface area contributed by atoms with E-state index in [1.165, 1.54) is 12.4 Å². The normalized spacial score (nSPS) is 16.0. The van der Waals surface area contributed by atoms with Crippen LogP contribution in [0.2, 0.25) is 0 Å². The van der Waals surface area contributed by atoms with Crippen molar-refractivity contribution in [1.82, 2.24) is 24.6 Å². The average Bonchev–Trinajstić information content (AvgIpc) is 3.26. The van der Waals surface area contributed by atoms with Crippen LogP contribution in [0.1, 0.15) is 24.5 Å². The van der Waals surface area contributed by atoms with E-state index in [2.05, 4.69) is 16.5 Å². The maximum absolute atomic E-state index is 12.2. The molecule has 0 radical (unpaired) electrons. The Hall–Kier alpha value is -4.20. The minimum atomic E-state index is -0.0633. The molecular weight excluding hydrogens is 416 g/mol. The van der Waals surface area contributed by atoms with Crippen LogP contribution >= 0.6 is 0 Å². The summed E-state index contributed by atoms with van der Waals surface area (Å²) >= 11 is 0. The van der Waals surface area contributed by atoms with Gasteiger partial charge in [-0.25, -0.2) is 14.6 Å². The molecule has 1 saturated heterocycles. The quantitative estimate of drug-likeness (QED) is 0.470. The van der Waals surface area contributed by atoms with E-state index in [9.17, 15) is 4.79 Å². The van der Waals surface area contributed by atoms with Gasteiger partial charge in [-0.15, -0.1) is 0 Å². The van der Waals surface area contributed by atoms with Crippen LogP contribution in [-0.4, -0.2) is 43.6 Å². The van der Waals surface area contributed by atoms with E-state index in [0.29, 0.717) is 23.4 Å². The number of piperidine rings is 1. The topological polar surface area (TPSA) is 99.2 Å². The fourth-order valence-electron chi connectivity index (χ4n) is 4.27. The van der Waals surface area contributed by atoms with Crippen molar-refractivity contribution < 1.29 is 9.53 Å². The average molecular weight is 441 g/mol. The first-order chi connectivity index (χ1) is 16.1. The van der Waals surface area contributed by atoms with Crippen molar-refractivity contribution in [2.24, 2.45) is 0 Å². The number of nitrogens with two attached hydrogens (primary N) is 1. The van der Waals surface area contributed by atoms with E-state index in [0.717, 1.165) is 42.3 Å². The Morgan fingerprint density at radius 3 is 2.61 bits per heavy atom. The SMILES string of the molecule is C=CC(=O)N1CCC[C@@H](c2nn(-c3ccc(Oc4ccccc4)cc3)c3c(N)ncnc23)C1. The van der Waals surface area contributed by atoms with Crippen LogP contribution in [0.25, 0.3) is 16.7 Å². The summed E-state index contributed by atoms with van der Waals surface area (Å²) in [4.78, 5) is 22.7. The first-order valence-corrected chi connectivity index (χ1v) is 10.9. The van der Waals surface area contributed by atoms with Crippen molar-refractivity contribution in [2.75, 3.05) is 18.8 Å². The third-order valence-electron chi connectivity index (χ3n) is 5.87. The van der Waals surface area contributed by atoms with Gasteiger partial charge in [0.2, 0.25) is 5.91 Å². The number of nitrogens with zero attached hydrogens (tertiary/aromatic N) is 5. The monoisotopic (exact) mass is 440 g/mol. The number of amides is 1. The van der Waals surface area contributed by atoms with E-state index in [4.69, 9.17) is 15.6 Å². The van der Waals surface area contributed by atoms with Crippen molar-refractivity contribution in [1.29, 1.82) is 0 Å². The molecule has 0 unspecified atom stereocenters. The van der Waals surface area contributed by atoms with Crippen LogP contribution in [0.5, 0.6) is 11.5 Å². The van der Waals surface area contributed by atoms with Crippen molar-refractivity contribution in [3.63, 3.8) is 0 Å². The molecule has 0 aliphatic carbocycles. The fraction of sp³-hybridized carbons (Fsp3) is 0.200. The standard InChI is InChI=1S/C25H24N6O2/c1-2-21(32)30-14-6-7-17(15-30)22-23-24(25(26)28-16-27-23)31(29-22)18-10-12-20(13-11-18)33-19-8-4-3-5-9-19/h2-5,8-13,16-17H,1,6-7,14-15H2,(H2,26,27,28)/t17-/m1/s1. The number of carbonyl (C=O) groups is 1. The summed E-state index contributed by atoms with van der Waals surface area (Å²) < 4.78 is 7.68. The van der Waals surface area contributed by atoms with Gasteiger partial charge in [-0.05, 0) is 55.3 Å². The summed E-state index contributed by atoms with van der Waals surface area (Å²) in [7, 11) is 0. The summed E-state index contributed by atoms with van der Waals surface area (Å²) in [6, 6.07) is 17.2. The number of rotatable bonds is 5. The van der Waals surface area contributed by atoms with Crippen LogP contribution < -0.4 is 10.5 Å². The van der Waals surface area contributed by atoms with Crippen molar-refractivity contribution in [2.45, 2.75) is 18.8 Å². The maximum atomic E-state index is 12.2. The van der Waals surface area contributed by atoms with Gasteiger partial charge in [0.15, 0.2) is 5.82 Å². The number of likely N-dealkylation sites (tertiary alicyclic amines) is 1. The Balaban J connectivity index is 1.50. The Labute approximate surface area is 191 Å². The number of hydrogen-bond donors (Lipinski definition) is 1. The molecule has 1 fully saturated rings. The minimum Gasteiger partial charge on any atom is -0.457 e. The molecule has 2 N–H and O–H groups in total. The lowest BCUT2D eigenvalue weighted by Crippen LogP contribution is -2.38. The molecule has 166 valence electrons. The Morgan fingerprint density at radius 1 is 1.09 bits per heavy atom. The fourth-order valence-corrected chi connectivity index (χ4v) is 4.27. The van der Waals surface area contributed by atoms with Gasteiger partial charge in [-0.2, -0.15) is 5.10 Å². The first-order valence-electron chi connectivity index (χ1n) is 10.9. The summed E-state index contributed by atoms with van der Waals surface area (Å²) in [5.41, 5.74) is 9.27. The molecule has 4 aromatic rings. The lowest BCUT2D eigenvalue weighted by Gasteiger charge is -2.31. The number of carbonyl (C=O) groups excluding carboxylic acids is 1. The highest BCUT2D eigenvalue weighted by molar-refractivity contribution is 5.89. The van der Waals surface area contributed by atoms with Gasteiger partial charge >= 0.3 is 0 Å². The van der Waals surface area contributed by atoms with E-state index >= 15 is 0 Å². The van der Waals surface area contributed by atoms with Crippen LogP contribution in [0.15, 0.2) is 73.6 Å². The molecule has 2 aromatic carbocycles. The third kappa shape index (κ3) is 4.03. The van der Waals surface area contributed by atoms with Gasteiger partial charge in [-0.1, -0.05) is 24.8 Å². The molecule has 1 aliphatic heterocycles. The molecule has 1 aliphatic rings. The number of aromatic nitrogens is 4. The molecule has 0 saturated carbocycles. The molecule has 2 aromatic heterocycles. The molecule has 8 heteroatoms. The second kappa shape index (κ2) is 8.74. The van der Waals surface area contributed by atoms with Crippen LogP contribution in [0.4, 0.5) is 5.82 Å². The van der Waals surface area contributed by atoms with E-state index < -0.39 is 0 Å². The number of para-hydroxylation sites is 1. The molecule has 8 nitrogen and oxygen atoms in total. The Morgan fingerprint density at radius 2 is 1.85 bits per heavy atom. The molecule has 0 bridgehead atoms. The molecule has 33 heavy (non-hydrogen) atoms. The maximum Gasteiger partial charge on any atom is 0.245 e. The summed E-state index contributed by atoms with van der Waals surface area (Å²) in [6.07, 6.45) is 4.63. The Kier molecular flexibility index (Phi) is 5.48. The van der Waals surface area contributed by atoms with Crippen molar-refractivity contribution in [3.8, 4) is 17.2 Å². The highest BCUT2D eigenvalue weighted by Crippen LogP contribution is 2.33. The zero-order chi connectivity index (χ0) is 22.8. The van der Waals surface area contributed by atoms with Crippen molar-refractivity contribution in [3.05, 3.63) is 79.3 Å². The van der Waals surface area contributed by atoms with Gasteiger partial charge in [0.1, 0.15) is 28.9 Å². The van der Waals surface area contributed by atoms with Crippen LogP contribution in [0, 0.1) is 0 Å². The molecule has 0 spiro atoms. The van der Waals surface area contributed by atoms with Gasteiger partial charge in [0.05, 0.1) is 11.4 Å². The highest BCUT2D eigenvalue weighted by atomic mass is 16.5. The number of benzene rings is 2. The molecule has 5 rings (SSSR count). The number of ether oxygens (including phenoxy) is 1. The van der Waals surface area contributed by atoms with Crippen LogP contribution in [-0.2, 0) is 4.79 Å². The minimum absolute atomic E-state index is 0.0568. The lowest BCUT2D eigenvalue weighted by molar-refractivity contribution is -0.127. The molecule has 1 amide bonds. The smallest absolute Gasteiger partial charge is 0.245 e. The van der Waals surface area contributed by atoms with Gasteiger partial charge in [-0.3, -0.25) is 4.79 Å². The van der Waals surface area contributed by atoms with Gasteiger partial charge < -0.3 is 15.4 Å². The molecule has 3 heterocycles. The number of anilines is 1. The van der Waals surface area contributed by atoms with Gasteiger partial charge in [0, 0.05) is 19.0 Å². The summed E-state index contributed by atoms with van der Waals surface area (Å²) in [5, 5.41) is 4.91. The van der Waals surface area contributed by atoms with Crippen LogP contribution in [0.3, 0.4) is 0 Å². The summed E-state index contributed by atoms with van der Waals surface area (Å²) in [6.45, 7) is 4.91. The number of fused-ring (bicyclic) bond motifs is 1. The first kappa shape index (κ1) is 20.7. The lowest BCUT2D eigenvalue weighted by atomic mass is 9.94. The second-order valence-electron chi connectivity index (χ2n) is 7.99. The zero-order valence-electron chi connectivity index (χ0n) is 18.1. The van der Waals surface area contributed by atoms with Gasteiger partial charge in [0.25, 0.3) is 0 Å². The zero-order valence-corrected chi connectivity index (χ0v) is 18.1. The second-order valence-corrected chi connectivity index (χ2v) is 7.99. The number of hydrogen-bond acceptors (Lipinski definition) is 6. The molecule has 1 atom stereocenters. The molecular formula is C25H24N6O2. The number of nitrogen functional groups attached to an aromatic ring is 1. The predicted octanol–water partition coefficient (Wildman–Crippen LogP) is 4.08. The van der Waals surface area contributed by atoms with E-state index in [1.807, 2.05) is 59.5 Å². The van der Waals surface area contributed by atoms with Crippen molar-refractivity contribution >= 4 is 22.8 Å². The van der Waals surface area contributed by atoms with E-state index in [-0.39, 0.29) is 11.8 Å². The highest BCUT2D eigenvalue weighted by Gasteiger charge is 2.29.